The first-order chi connectivity index (χ1) is 17.6. The number of piperazine rings is 1. The molecule has 0 radical (unpaired) electrons. The van der Waals surface area contributed by atoms with E-state index in [1.807, 2.05) is 0 Å². The molecule has 0 bridgehead atoms. The fraction of sp³-hybridized carbons (Fsp3) is 0.423. The van der Waals surface area contributed by atoms with E-state index in [1.165, 1.54) is 16.7 Å². The molecule has 1 N–H and O–H groups in total. The SMILES string of the molecule is CCOC(=O)c1c(C)cc2c(c1C)c(=O)n(-c1ccccc1C(F)(F)F)c(=O)n2CCN1CCNCC1. The highest BCUT2D eigenvalue weighted by atomic mass is 19.4. The molecule has 0 aliphatic carbocycles. The number of benzene rings is 2. The number of nitrogens with zero attached hydrogens (tertiary/aromatic N) is 3. The lowest BCUT2D eigenvalue weighted by atomic mass is 9.98. The largest absolute Gasteiger partial charge is 0.462 e. The highest BCUT2D eigenvalue weighted by Crippen LogP contribution is 2.33. The Morgan fingerprint density at radius 3 is 2.41 bits per heavy atom. The highest BCUT2D eigenvalue weighted by Gasteiger charge is 2.35. The Morgan fingerprint density at radius 2 is 1.76 bits per heavy atom. The summed E-state index contributed by atoms with van der Waals surface area (Å²) in [5.74, 6) is -0.639. The smallest absolute Gasteiger partial charge is 0.418 e. The molecule has 1 aliphatic heterocycles. The Kier molecular flexibility index (Phi) is 7.56. The van der Waals surface area contributed by atoms with Crippen molar-refractivity contribution >= 4 is 16.9 Å². The van der Waals surface area contributed by atoms with Gasteiger partial charge in [0.2, 0.25) is 0 Å². The number of aryl methyl sites for hydroxylation is 2. The van der Waals surface area contributed by atoms with Crippen LogP contribution in [0.1, 0.15) is 34.0 Å². The van der Waals surface area contributed by atoms with Gasteiger partial charge < -0.3 is 10.1 Å². The van der Waals surface area contributed by atoms with Crippen LogP contribution in [0.5, 0.6) is 0 Å². The number of fused-ring (bicyclic) bond motifs is 1. The molecule has 0 amide bonds. The monoisotopic (exact) mass is 518 g/mol. The van der Waals surface area contributed by atoms with Gasteiger partial charge in [-0.15, -0.1) is 0 Å². The van der Waals surface area contributed by atoms with E-state index in [0.717, 1.165) is 38.3 Å². The third-order valence-corrected chi connectivity index (χ3v) is 6.66. The van der Waals surface area contributed by atoms with E-state index >= 15 is 0 Å². The van der Waals surface area contributed by atoms with Crippen molar-refractivity contribution < 1.29 is 22.7 Å². The third kappa shape index (κ3) is 5.05. The van der Waals surface area contributed by atoms with Crippen LogP contribution in [0.3, 0.4) is 0 Å². The molecule has 11 heteroatoms. The van der Waals surface area contributed by atoms with Gasteiger partial charge in [-0.05, 0) is 50.1 Å². The molecule has 8 nitrogen and oxygen atoms in total. The number of halogens is 3. The molecule has 1 saturated heterocycles. The van der Waals surface area contributed by atoms with Crippen LogP contribution < -0.4 is 16.6 Å². The molecule has 1 fully saturated rings. The molecule has 0 atom stereocenters. The average Bonchev–Trinajstić information content (AvgIpc) is 2.84. The van der Waals surface area contributed by atoms with Crippen LogP contribution in [0.4, 0.5) is 13.2 Å². The average molecular weight is 519 g/mol. The first-order valence-corrected chi connectivity index (χ1v) is 12.1. The number of esters is 1. The van der Waals surface area contributed by atoms with Crippen LogP contribution in [0.25, 0.3) is 16.6 Å². The Morgan fingerprint density at radius 1 is 1.08 bits per heavy atom. The molecule has 4 rings (SSSR count). The van der Waals surface area contributed by atoms with Gasteiger partial charge >= 0.3 is 17.8 Å². The Bertz CT molecular complexity index is 1450. The number of rotatable bonds is 6. The van der Waals surface area contributed by atoms with Gasteiger partial charge in [-0.2, -0.15) is 13.2 Å². The zero-order valence-electron chi connectivity index (χ0n) is 20.9. The Hall–Kier alpha value is -3.44. The van der Waals surface area contributed by atoms with Gasteiger partial charge in [-0.1, -0.05) is 12.1 Å². The van der Waals surface area contributed by atoms with E-state index in [9.17, 15) is 27.6 Å². The molecule has 1 aliphatic rings. The lowest BCUT2D eigenvalue weighted by molar-refractivity contribution is -0.137. The maximum absolute atomic E-state index is 13.9. The van der Waals surface area contributed by atoms with Crippen molar-refractivity contribution in [1.29, 1.82) is 0 Å². The third-order valence-electron chi connectivity index (χ3n) is 6.66. The number of carbonyl (C=O) groups excluding carboxylic acids is 1. The van der Waals surface area contributed by atoms with Crippen LogP contribution in [0.2, 0.25) is 0 Å². The van der Waals surface area contributed by atoms with Crippen molar-refractivity contribution in [3.05, 3.63) is 73.4 Å². The summed E-state index contributed by atoms with van der Waals surface area (Å²) in [6.07, 6.45) is -4.79. The second-order valence-corrected chi connectivity index (χ2v) is 8.99. The van der Waals surface area contributed by atoms with Crippen LogP contribution in [0, 0.1) is 13.8 Å². The molecule has 3 aromatic rings. The van der Waals surface area contributed by atoms with Crippen LogP contribution >= 0.6 is 0 Å². The minimum absolute atomic E-state index is 0.00513. The van der Waals surface area contributed by atoms with Gasteiger partial charge in [0.25, 0.3) is 5.56 Å². The Balaban J connectivity index is 2.04. The lowest BCUT2D eigenvalue weighted by Gasteiger charge is -2.28. The second-order valence-electron chi connectivity index (χ2n) is 8.99. The molecule has 2 aromatic carbocycles. The van der Waals surface area contributed by atoms with Crippen molar-refractivity contribution in [2.45, 2.75) is 33.5 Å². The van der Waals surface area contributed by atoms with Gasteiger partial charge in [0.05, 0.1) is 34.3 Å². The zero-order chi connectivity index (χ0) is 26.9. The standard InChI is InChI=1S/C26H29F3N4O4/c1-4-37-24(35)21-16(2)15-20-22(17(21)3)23(34)33(19-8-6-5-7-18(19)26(27,28)29)25(36)32(20)14-13-31-11-9-30-10-12-31/h5-8,15,30H,4,9-14H2,1-3H3. The van der Waals surface area contributed by atoms with Crippen LogP contribution in [-0.2, 0) is 17.5 Å². The molecular formula is C26H29F3N4O4. The number of nitrogens with one attached hydrogen (secondary N) is 1. The highest BCUT2D eigenvalue weighted by molar-refractivity contribution is 5.99. The van der Waals surface area contributed by atoms with Gasteiger partial charge in [0, 0.05) is 39.3 Å². The molecule has 37 heavy (non-hydrogen) atoms. The number of ether oxygens (including phenoxy) is 1. The molecule has 1 aromatic heterocycles. The van der Waals surface area contributed by atoms with E-state index in [2.05, 4.69) is 10.2 Å². The first-order valence-electron chi connectivity index (χ1n) is 12.1. The topological polar surface area (TPSA) is 85.6 Å². The predicted molar refractivity (Wildman–Crippen MR) is 134 cm³/mol. The fourth-order valence-electron chi connectivity index (χ4n) is 4.90. The summed E-state index contributed by atoms with van der Waals surface area (Å²) < 4.78 is 48.7. The summed E-state index contributed by atoms with van der Waals surface area (Å²) in [6.45, 7) is 8.70. The van der Waals surface area contributed by atoms with E-state index in [1.54, 1.807) is 26.8 Å². The number of aromatic nitrogens is 2. The molecule has 198 valence electrons. The quantitative estimate of drug-likeness (QED) is 0.506. The lowest BCUT2D eigenvalue weighted by Crippen LogP contribution is -2.46. The summed E-state index contributed by atoms with van der Waals surface area (Å²) in [6, 6.07) is 6.05. The summed E-state index contributed by atoms with van der Waals surface area (Å²) >= 11 is 0. The number of alkyl halides is 3. The normalized spacial score (nSPS) is 14.8. The van der Waals surface area contributed by atoms with Crippen molar-refractivity contribution in [1.82, 2.24) is 19.4 Å². The second kappa shape index (κ2) is 10.5. The van der Waals surface area contributed by atoms with Gasteiger partial charge in [-0.25, -0.2) is 14.2 Å². The minimum atomic E-state index is -4.79. The molecule has 0 unspecified atom stereocenters. The van der Waals surface area contributed by atoms with Gasteiger partial charge in [0.15, 0.2) is 0 Å². The van der Waals surface area contributed by atoms with Crippen LogP contribution in [0.15, 0.2) is 39.9 Å². The molecule has 0 saturated carbocycles. The van der Waals surface area contributed by atoms with E-state index < -0.39 is 34.6 Å². The van der Waals surface area contributed by atoms with Crippen LogP contribution in [-0.4, -0.2) is 59.3 Å². The maximum atomic E-state index is 13.9. The van der Waals surface area contributed by atoms with Crippen molar-refractivity contribution in [3.8, 4) is 5.69 Å². The Labute approximate surface area is 211 Å². The minimum Gasteiger partial charge on any atom is -0.462 e. The zero-order valence-corrected chi connectivity index (χ0v) is 20.9. The van der Waals surface area contributed by atoms with Gasteiger partial charge in [0.1, 0.15) is 0 Å². The summed E-state index contributed by atoms with van der Waals surface area (Å²) in [7, 11) is 0. The number of para-hydroxylation sites is 1. The predicted octanol–water partition coefficient (Wildman–Crippen LogP) is 2.87. The van der Waals surface area contributed by atoms with E-state index in [0.29, 0.717) is 16.7 Å². The van der Waals surface area contributed by atoms with Crippen molar-refractivity contribution in [3.63, 3.8) is 0 Å². The fourth-order valence-corrected chi connectivity index (χ4v) is 4.90. The molecular weight excluding hydrogens is 489 g/mol. The summed E-state index contributed by atoms with van der Waals surface area (Å²) in [5.41, 5.74) is -2.24. The van der Waals surface area contributed by atoms with Crippen molar-refractivity contribution in [2.24, 2.45) is 0 Å². The van der Waals surface area contributed by atoms with E-state index in [-0.39, 0.29) is 35.2 Å². The number of carbonyl (C=O) groups is 1. The maximum Gasteiger partial charge on any atom is 0.418 e. The summed E-state index contributed by atoms with van der Waals surface area (Å²) in [4.78, 5) is 42.3. The molecule has 0 spiro atoms. The molecule has 2 heterocycles. The summed E-state index contributed by atoms with van der Waals surface area (Å²) in [5, 5.41) is 3.25. The number of hydrogen-bond donors (Lipinski definition) is 1. The first kappa shape index (κ1) is 26.6. The number of hydrogen-bond acceptors (Lipinski definition) is 6. The van der Waals surface area contributed by atoms with Crippen molar-refractivity contribution in [2.75, 3.05) is 39.3 Å². The van der Waals surface area contributed by atoms with Gasteiger partial charge in [-0.3, -0.25) is 14.3 Å². The van der Waals surface area contributed by atoms with E-state index in [4.69, 9.17) is 4.74 Å².